The summed E-state index contributed by atoms with van der Waals surface area (Å²) in [4.78, 5) is 2.70. The highest BCUT2D eigenvalue weighted by molar-refractivity contribution is 4.87. The van der Waals surface area contributed by atoms with Crippen molar-refractivity contribution >= 4 is 0 Å². The fraction of sp³-hybridized carbons (Fsp3) is 1.00. The van der Waals surface area contributed by atoms with Crippen LogP contribution in [0, 0.1) is 5.41 Å². The van der Waals surface area contributed by atoms with E-state index in [2.05, 4.69) is 11.8 Å². The molecule has 2 fully saturated rings. The molecule has 0 aromatic carbocycles. The molecule has 0 spiro atoms. The molecule has 2 nitrogen and oxygen atoms in total. The van der Waals surface area contributed by atoms with Gasteiger partial charge in [0.15, 0.2) is 0 Å². The Kier molecular flexibility index (Phi) is 5.50. The number of likely N-dealkylation sites (tertiary alicyclic amines) is 1. The monoisotopic (exact) mass is 253 g/mol. The van der Waals surface area contributed by atoms with E-state index in [9.17, 15) is 5.11 Å². The molecule has 2 heteroatoms. The summed E-state index contributed by atoms with van der Waals surface area (Å²) in [5.41, 5.74) is 0.223. The van der Waals surface area contributed by atoms with Gasteiger partial charge in [0, 0.05) is 24.6 Å². The predicted molar refractivity (Wildman–Crippen MR) is 76.7 cm³/mol. The molecule has 0 aromatic heterocycles. The van der Waals surface area contributed by atoms with Gasteiger partial charge >= 0.3 is 0 Å². The molecule has 2 rings (SSSR count). The van der Waals surface area contributed by atoms with Crippen LogP contribution in [0.4, 0.5) is 0 Å². The first-order valence-electron chi connectivity index (χ1n) is 8.14. The van der Waals surface area contributed by atoms with Gasteiger partial charge in [-0.15, -0.1) is 0 Å². The summed E-state index contributed by atoms with van der Waals surface area (Å²) in [7, 11) is 0. The molecule has 0 aromatic rings. The van der Waals surface area contributed by atoms with Gasteiger partial charge in [0.25, 0.3) is 0 Å². The minimum atomic E-state index is 0.223. The first kappa shape index (κ1) is 14.3. The molecule has 1 aliphatic heterocycles. The minimum absolute atomic E-state index is 0.223. The summed E-state index contributed by atoms with van der Waals surface area (Å²) in [6, 6.07) is 0.783. The van der Waals surface area contributed by atoms with Gasteiger partial charge in [0.1, 0.15) is 0 Å². The average molecular weight is 253 g/mol. The fourth-order valence-electron chi connectivity index (χ4n) is 4.01. The lowest BCUT2D eigenvalue weighted by Gasteiger charge is -2.42. The third kappa shape index (κ3) is 3.48. The molecule has 18 heavy (non-hydrogen) atoms. The van der Waals surface area contributed by atoms with Gasteiger partial charge in [0.2, 0.25) is 0 Å². The maximum atomic E-state index is 9.93. The van der Waals surface area contributed by atoms with Crippen molar-refractivity contribution in [1.29, 1.82) is 0 Å². The molecule has 0 amide bonds. The lowest BCUT2D eigenvalue weighted by atomic mass is 9.79. The highest BCUT2D eigenvalue weighted by Crippen LogP contribution is 2.37. The van der Waals surface area contributed by atoms with Gasteiger partial charge in [-0.1, -0.05) is 39.0 Å². The molecule has 1 aliphatic carbocycles. The van der Waals surface area contributed by atoms with Crippen molar-refractivity contribution in [3.63, 3.8) is 0 Å². The van der Waals surface area contributed by atoms with Crippen molar-refractivity contribution in [2.24, 2.45) is 5.41 Å². The largest absolute Gasteiger partial charge is 0.396 e. The highest BCUT2D eigenvalue weighted by Gasteiger charge is 2.34. The van der Waals surface area contributed by atoms with E-state index in [-0.39, 0.29) is 5.41 Å². The Labute approximate surface area is 113 Å². The van der Waals surface area contributed by atoms with Crippen molar-refractivity contribution in [2.75, 3.05) is 19.7 Å². The molecular formula is C16H31NO. The van der Waals surface area contributed by atoms with E-state index in [1.165, 1.54) is 70.8 Å². The lowest BCUT2D eigenvalue weighted by Crippen LogP contribution is -2.47. The van der Waals surface area contributed by atoms with E-state index in [1.807, 2.05) is 0 Å². The van der Waals surface area contributed by atoms with Crippen LogP contribution < -0.4 is 0 Å². The first-order valence-corrected chi connectivity index (χ1v) is 8.14. The second-order valence-corrected chi connectivity index (χ2v) is 6.60. The highest BCUT2D eigenvalue weighted by atomic mass is 16.3. The minimum Gasteiger partial charge on any atom is -0.396 e. The third-order valence-corrected chi connectivity index (χ3v) is 5.26. The SMILES string of the molecule is CCC1CCCCN1CC1(CO)CCCCCC1. The zero-order valence-electron chi connectivity index (χ0n) is 12.2. The maximum absolute atomic E-state index is 9.93. The third-order valence-electron chi connectivity index (χ3n) is 5.26. The molecule has 106 valence electrons. The quantitative estimate of drug-likeness (QED) is 0.774. The summed E-state index contributed by atoms with van der Waals surface area (Å²) < 4.78 is 0. The summed E-state index contributed by atoms with van der Waals surface area (Å²) in [5, 5.41) is 9.93. The van der Waals surface area contributed by atoms with Crippen LogP contribution in [0.2, 0.25) is 0 Å². The van der Waals surface area contributed by atoms with Crippen LogP contribution in [0.1, 0.15) is 71.1 Å². The van der Waals surface area contributed by atoms with Gasteiger partial charge in [0.05, 0.1) is 0 Å². The normalized spacial score (nSPS) is 30.0. The molecule has 1 saturated carbocycles. The zero-order valence-corrected chi connectivity index (χ0v) is 12.2. The Morgan fingerprint density at radius 2 is 1.78 bits per heavy atom. The van der Waals surface area contributed by atoms with Crippen molar-refractivity contribution in [1.82, 2.24) is 4.90 Å². The van der Waals surface area contributed by atoms with Gasteiger partial charge in [-0.05, 0) is 38.6 Å². The van der Waals surface area contributed by atoms with Crippen molar-refractivity contribution in [3.8, 4) is 0 Å². The molecular weight excluding hydrogens is 222 g/mol. The Morgan fingerprint density at radius 3 is 2.39 bits per heavy atom. The number of hydrogen-bond acceptors (Lipinski definition) is 2. The van der Waals surface area contributed by atoms with Crippen LogP contribution in [0.5, 0.6) is 0 Å². The number of hydrogen-bond donors (Lipinski definition) is 1. The molecule has 1 saturated heterocycles. The van der Waals surface area contributed by atoms with E-state index in [4.69, 9.17) is 0 Å². The standard InChI is InChI=1S/C16H31NO/c1-2-15-9-5-8-12-17(15)13-16(14-18)10-6-3-4-7-11-16/h15,18H,2-14H2,1H3. The molecule has 1 unspecified atom stereocenters. The van der Waals surface area contributed by atoms with Gasteiger partial charge in [-0.25, -0.2) is 0 Å². The van der Waals surface area contributed by atoms with E-state index in [0.717, 1.165) is 12.6 Å². The van der Waals surface area contributed by atoms with E-state index in [0.29, 0.717) is 6.61 Å². The van der Waals surface area contributed by atoms with Crippen molar-refractivity contribution in [2.45, 2.75) is 77.2 Å². The Balaban J connectivity index is 1.98. The van der Waals surface area contributed by atoms with E-state index >= 15 is 0 Å². The number of aliphatic hydroxyl groups is 1. The zero-order chi connectivity index (χ0) is 12.8. The summed E-state index contributed by atoms with van der Waals surface area (Å²) in [5.74, 6) is 0. The first-order chi connectivity index (χ1) is 8.79. The molecule has 1 N–H and O–H groups in total. The van der Waals surface area contributed by atoms with Crippen molar-refractivity contribution in [3.05, 3.63) is 0 Å². The Morgan fingerprint density at radius 1 is 1.06 bits per heavy atom. The predicted octanol–water partition coefficient (Wildman–Crippen LogP) is 3.58. The smallest absolute Gasteiger partial charge is 0.0499 e. The van der Waals surface area contributed by atoms with Crippen LogP contribution in [0.15, 0.2) is 0 Å². The topological polar surface area (TPSA) is 23.5 Å². The average Bonchev–Trinajstić information content (AvgIpc) is 2.66. The molecule has 1 atom stereocenters. The molecule has 2 aliphatic rings. The van der Waals surface area contributed by atoms with Gasteiger partial charge in [-0.2, -0.15) is 0 Å². The maximum Gasteiger partial charge on any atom is 0.0499 e. The fourth-order valence-corrected chi connectivity index (χ4v) is 4.01. The molecule has 0 bridgehead atoms. The van der Waals surface area contributed by atoms with Crippen LogP contribution in [-0.2, 0) is 0 Å². The van der Waals surface area contributed by atoms with Crippen LogP contribution in [-0.4, -0.2) is 35.7 Å². The lowest BCUT2D eigenvalue weighted by molar-refractivity contribution is 0.0273. The second-order valence-electron chi connectivity index (χ2n) is 6.60. The number of aliphatic hydroxyl groups excluding tert-OH is 1. The van der Waals surface area contributed by atoms with Gasteiger partial charge in [-0.3, -0.25) is 4.90 Å². The Bertz CT molecular complexity index is 233. The summed E-state index contributed by atoms with van der Waals surface area (Å²) >= 11 is 0. The van der Waals surface area contributed by atoms with Gasteiger partial charge < -0.3 is 5.11 Å². The molecule has 1 heterocycles. The Hall–Kier alpha value is -0.0800. The van der Waals surface area contributed by atoms with Crippen LogP contribution >= 0.6 is 0 Å². The number of piperidine rings is 1. The summed E-state index contributed by atoms with van der Waals surface area (Å²) in [6.45, 7) is 5.14. The number of rotatable bonds is 4. The summed E-state index contributed by atoms with van der Waals surface area (Å²) in [6.07, 6.45) is 13.3. The van der Waals surface area contributed by atoms with Crippen LogP contribution in [0.25, 0.3) is 0 Å². The van der Waals surface area contributed by atoms with E-state index in [1.54, 1.807) is 0 Å². The van der Waals surface area contributed by atoms with Crippen molar-refractivity contribution < 1.29 is 5.11 Å². The van der Waals surface area contributed by atoms with E-state index < -0.39 is 0 Å². The number of nitrogens with zero attached hydrogens (tertiary/aromatic N) is 1. The molecule has 0 radical (unpaired) electrons. The van der Waals surface area contributed by atoms with Crippen LogP contribution in [0.3, 0.4) is 0 Å². The second kappa shape index (κ2) is 6.91.